The number of rotatable bonds is 8. The summed E-state index contributed by atoms with van der Waals surface area (Å²) in [5.74, 6) is 2.28. The van der Waals surface area contributed by atoms with Crippen LogP contribution in [0.25, 0.3) is 0 Å². The minimum absolute atomic E-state index is 0.0639. The highest BCUT2D eigenvalue weighted by atomic mass is 32.2. The minimum atomic E-state index is -4.07. The molecule has 0 aromatic carbocycles. The first-order chi connectivity index (χ1) is 16.8. The molecule has 0 radical (unpaired) electrons. The van der Waals surface area contributed by atoms with Gasteiger partial charge >= 0.3 is 0 Å². The highest BCUT2D eigenvalue weighted by molar-refractivity contribution is 7.85. The van der Waals surface area contributed by atoms with E-state index in [4.69, 9.17) is 4.55 Å². The van der Waals surface area contributed by atoms with Crippen LogP contribution in [-0.4, -0.2) is 53.6 Å². The van der Waals surface area contributed by atoms with Crippen molar-refractivity contribution in [2.45, 2.75) is 104 Å². The molecule has 8 heteroatoms. The van der Waals surface area contributed by atoms with Crippen molar-refractivity contribution >= 4 is 16.0 Å². The summed E-state index contributed by atoms with van der Waals surface area (Å²) in [6.45, 7) is 9.31. The first kappa shape index (κ1) is 28.3. The van der Waals surface area contributed by atoms with E-state index < -0.39 is 15.9 Å². The average molecular weight is 528 g/mol. The maximum Gasteiger partial charge on any atom is 0.266 e. The highest BCUT2D eigenvalue weighted by Gasteiger charge is 2.64. The molecule has 4 fully saturated rings. The van der Waals surface area contributed by atoms with E-state index in [2.05, 4.69) is 33.0 Å². The number of aliphatic hydroxyl groups excluding tert-OH is 2. The van der Waals surface area contributed by atoms with Crippen molar-refractivity contribution in [2.75, 3.05) is 12.3 Å². The predicted molar refractivity (Wildman–Crippen MR) is 140 cm³/mol. The molecule has 11 atom stereocenters. The number of amides is 1. The molecule has 0 spiro atoms. The van der Waals surface area contributed by atoms with Gasteiger partial charge in [0.2, 0.25) is 5.91 Å². The van der Waals surface area contributed by atoms with Gasteiger partial charge in [0.25, 0.3) is 10.1 Å². The third-order valence-electron chi connectivity index (χ3n) is 11.7. The van der Waals surface area contributed by atoms with Crippen LogP contribution in [0.5, 0.6) is 0 Å². The van der Waals surface area contributed by atoms with Crippen LogP contribution < -0.4 is 5.32 Å². The maximum absolute atomic E-state index is 12.3. The van der Waals surface area contributed by atoms with Gasteiger partial charge in [-0.1, -0.05) is 34.1 Å². The van der Waals surface area contributed by atoms with Gasteiger partial charge in [-0.15, -0.1) is 0 Å². The molecule has 0 aromatic rings. The third kappa shape index (κ3) is 5.13. The lowest BCUT2D eigenvalue weighted by Gasteiger charge is -2.64. The summed E-state index contributed by atoms with van der Waals surface area (Å²) in [4.78, 5) is 12.3. The number of aliphatic hydroxyl groups is 2. The zero-order valence-corrected chi connectivity index (χ0v) is 23.5. The summed E-state index contributed by atoms with van der Waals surface area (Å²) in [6, 6.07) is 0. The van der Waals surface area contributed by atoms with Crippen LogP contribution in [0.15, 0.2) is 0 Å². The molecule has 0 aromatic heterocycles. The lowest BCUT2D eigenvalue weighted by Crippen LogP contribution is -2.62. The standard InChI is InChI=1S/C28H49NO6S/c1-5-19-23-16-18(30)10-12-28(23,4)22-11-13-27(3)20(7-8-21(27)25(22)26(19)32)17(2)6-9-24(31)29-14-15-36(33,34)35/h17-23,25-26,30,32H,5-16H2,1-4H3,(H,29,31)(H,33,34,35)/t17-,18-,19-,20-,21+,22+,23+,25+,26-,27-,28-/m1/s1. The summed E-state index contributed by atoms with van der Waals surface area (Å²) >= 11 is 0. The van der Waals surface area contributed by atoms with E-state index in [-0.39, 0.29) is 41.4 Å². The van der Waals surface area contributed by atoms with Gasteiger partial charge < -0.3 is 15.5 Å². The van der Waals surface area contributed by atoms with E-state index in [0.717, 1.165) is 51.4 Å². The topological polar surface area (TPSA) is 124 Å². The van der Waals surface area contributed by atoms with Crippen molar-refractivity contribution in [3.05, 3.63) is 0 Å². The van der Waals surface area contributed by atoms with Crippen molar-refractivity contribution < 1.29 is 28.0 Å². The molecule has 0 unspecified atom stereocenters. The Labute approximate surface area is 217 Å². The van der Waals surface area contributed by atoms with E-state index in [1.807, 2.05) is 0 Å². The molecule has 0 saturated heterocycles. The van der Waals surface area contributed by atoms with Crippen LogP contribution >= 0.6 is 0 Å². The lowest BCUT2D eigenvalue weighted by atomic mass is 9.41. The number of hydrogen-bond acceptors (Lipinski definition) is 5. The maximum atomic E-state index is 12.3. The Bertz CT molecular complexity index is 910. The van der Waals surface area contributed by atoms with E-state index >= 15 is 0 Å². The van der Waals surface area contributed by atoms with Gasteiger partial charge in [0.1, 0.15) is 0 Å². The second-order valence-electron chi connectivity index (χ2n) is 13.3. The quantitative estimate of drug-likeness (QED) is 0.353. The largest absolute Gasteiger partial charge is 0.393 e. The van der Waals surface area contributed by atoms with E-state index in [0.29, 0.717) is 41.9 Å². The predicted octanol–water partition coefficient (Wildman–Crippen LogP) is 4.03. The van der Waals surface area contributed by atoms with Crippen LogP contribution in [0.2, 0.25) is 0 Å². The van der Waals surface area contributed by atoms with Crippen LogP contribution in [0.3, 0.4) is 0 Å². The summed E-state index contributed by atoms with van der Waals surface area (Å²) in [5.41, 5.74) is 0.369. The Morgan fingerprint density at radius 3 is 2.36 bits per heavy atom. The van der Waals surface area contributed by atoms with Crippen molar-refractivity contribution in [1.29, 1.82) is 0 Å². The highest BCUT2D eigenvalue weighted by Crippen LogP contribution is 2.69. The van der Waals surface area contributed by atoms with Crippen LogP contribution in [0.1, 0.15) is 91.9 Å². The molecular formula is C28H49NO6S. The summed E-state index contributed by atoms with van der Waals surface area (Å²) in [5, 5.41) is 24.9. The van der Waals surface area contributed by atoms with Crippen molar-refractivity contribution in [1.82, 2.24) is 5.32 Å². The minimum Gasteiger partial charge on any atom is -0.393 e. The first-order valence-corrected chi connectivity index (χ1v) is 16.0. The van der Waals surface area contributed by atoms with Gasteiger partial charge in [0.05, 0.1) is 18.0 Å². The van der Waals surface area contributed by atoms with E-state index in [1.165, 1.54) is 6.42 Å². The monoisotopic (exact) mass is 527 g/mol. The van der Waals surface area contributed by atoms with Crippen LogP contribution in [-0.2, 0) is 14.9 Å². The Kier molecular flexibility index (Phi) is 8.23. The van der Waals surface area contributed by atoms with Crippen molar-refractivity contribution in [2.24, 2.45) is 52.3 Å². The number of carbonyl (C=O) groups excluding carboxylic acids is 1. The average Bonchev–Trinajstić information content (AvgIpc) is 3.15. The Morgan fingerprint density at radius 1 is 1.03 bits per heavy atom. The Balaban J connectivity index is 1.44. The number of nitrogens with one attached hydrogen (secondary N) is 1. The molecule has 0 bridgehead atoms. The molecule has 4 saturated carbocycles. The van der Waals surface area contributed by atoms with Gasteiger partial charge in [0, 0.05) is 13.0 Å². The second kappa shape index (κ2) is 10.5. The van der Waals surface area contributed by atoms with Gasteiger partial charge in [-0.2, -0.15) is 8.42 Å². The fraction of sp³-hybridized carbons (Fsp3) is 0.964. The zero-order chi connectivity index (χ0) is 26.5. The molecule has 4 aliphatic rings. The third-order valence-corrected chi connectivity index (χ3v) is 12.4. The molecule has 36 heavy (non-hydrogen) atoms. The summed E-state index contributed by atoms with van der Waals surface area (Å²) < 4.78 is 30.6. The fourth-order valence-electron chi connectivity index (χ4n) is 9.90. The van der Waals surface area contributed by atoms with Gasteiger partial charge in [-0.05, 0) is 104 Å². The van der Waals surface area contributed by atoms with E-state index in [9.17, 15) is 23.4 Å². The van der Waals surface area contributed by atoms with E-state index in [1.54, 1.807) is 0 Å². The van der Waals surface area contributed by atoms with Crippen LogP contribution in [0, 0.1) is 52.3 Å². The molecule has 0 heterocycles. The summed E-state index contributed by atoms with van der Waals surface area (Å²) in [6.07, 6.45) is 8.95. The Hall–Kier alpha value is -0.700. The number of hydrogen-bond donors (Lipinski definition) is 4. The van der Waals surface area contributed by atoms with Gasteiger partial charge in [-0.3, -0.25) is 9.35 Å². The molecule has 0 aliphatic heterocycles. The molecule has 4 aliphatic carbocycles. The number of fused-ring (bicyclic) bond motifs is 5. The molecule has 4 rings (SSSR count). The molecule has 1 amide bonds. The summed E-state index contributed by atoms with van der Waals surface area (Å²) in [7, 11) is -4.07. The van der Waals surface area contributed by atoms with Crippen LogP contribution in [0.4, 0.5) is 0 Å². The normalized spacial score (nSPS) is 45.3. The molecule has 4 N–H and O–H groups in total. The van der Waals surface area contributed by atoms with Gasteiger partial charge in [-0.25, -0.2) is 0 Å². The zero-order valence-electron chi connectivity index (χ0n) is 22.7. The SMILES string of the molecule is CC[C@H]1[C@@H](O)[C@@H]2[C@H](CC[C@]3(C)[C@@H]([C@H](C)CCC(=O)NCCS(=O)(=O)O)CC[C@@H]23)[C@@]2(C)CC[C@@H](O)C[C@@H]12. The fourth-order valence-corrected chi connectivity index (χ4v) is 10.3. The molecular weight excluding hydrogens is 478 g/mol. The van der Waals surface area contributed by atoms with Gasteiger partial charge in [0.15, 0.2) is 0 Å². The lowest BCUT2D eigenvalue weighted by molar-refractivity contribution is -0.203. The smallest absolute Gasteiger partial charge is 0.266 e. The molecule has 7 nitrogen and oxygen atoms in total. The van der Waals surface area contributed by atoms with Crippen molar-refractivity contribution in [3.63, 3.8) is 0 Å². The molecule has 208 valence electrons. The number of carbonyl (C=O) groups is 1. The Morgan fingerprint density at radius 2 is 1.69 bits per heavy atom. The van der Waals surface area contributed by atoms with Crippen molar-refractivity contribution in [3.8, 4) is 0 Å². The first-order valence-electron chi connectivity index (χ1n) is 14.4. The second-order valence-corrected chi connectivity index (χ2v) is 14.8.